The summed E-state index contributed by atoms with van der Waals surface area (Å²) in [6, 6.07) is 7.70. The summed E-state index contributed by atoms with van der Waals surface area (Å²) in [5.74, 6) is 0.715. The number of carbonyl (C=O) groups is 1. The molecule has 1 aromatic heterocycles. The molecule has 0 radical (unpaired) electrons. The summed E-state index contributed by atoms with van der Waals surface area (Å²) < 4.78 is 1.64. The van der Waals surface area contributed by atoms with Gasteiger partial charge in [0.1, 0.15) is 12.2 Å². The first-order chi connectivity index (χ1) is 11.1. The van der Waals surface area contributed by atoms with Gasteiger partial charge in [-0.05, 0) is 24.6 Å². The number of anilines is 1. The van der Waals surface area contributed by atoms with Gasteiger partial charge >= 0.3 is 6.03 Å². The highest BCUT2D eigenvalue weighted by Gasteiger charge is 2.24. The number of amides is 2. The van der Waals surface area contributed by atoms with Gasteiger partial charge in [0, 0.05) is 36.9 Å². The Morgan fingerprint density at radius 3 is 3.09 bits per heavy atom. The van der Waals surface area contributed by atoms with E-state index in [2.05, 4.69) is 25.6 Å². The molecule has 122 valence electrons. The number of halogens is 1. The molecule has 0 aliphatic carbocycles. The normalized spacial score (nSPS) is 17.3. The number of hydrogen-bond acceptors (Lipinski definition) is 4. The number of carbonyl (C=O) groups excluding carboxylic acids is 1. The van der Waals surface area contributed by atoms with Gasteiger partial charge in [0.15, 0.2) is 0 Å². The molecule has 23 heavy (non-hydrogen) atoms. The van der Waals surface area contributed by atoms with Gasteiger partial charge in [-0.1, -0.05) is 17.7 Å². The van der Waals surface area contributed by atoms with Crippen LogP contribution in [0, 0.1) is 0 Å². The van der Waals surface area contributed by atoms with Gasteiger partial charge in [-0.25, -0.2) is 9.78 Å². The van der Waals surface area contributed by atoms with Crippen molar-refractivity contribution in [2.45, 2.75) is 19.0 Å². The zero-order chi connectivity index (χ0) is 16.2. The van der Waals surface area contributed by atoms with Gasteiger partial charge in [0.25, 0.3) is 0 Å². The van der Waals surface area contributed by atoms with Crippen molar-refractivity contribution in [2.75, 3.05) is 18.0 Å². The van der Waals surface area contributed by atoms with E-state index in [9.17, 15) is 4.79 Å². The van der Waals surface area contributed by atoms with Gasteiger partial charge < -0.3 is 15.5 Å². The van der Waals surface area contributed by atoms with Crippen molar-refractivity contribution >= 4 is 23.3 Å². The van der Waals surface area contributed by atoms with Crippen molar-refractivity contribution in [2.24, 2.45) is 7.05 Å². The van der Waals surface area contributed by atoms with E-state index in [1.54, 1.807) is 11.7 Å². The topological polar surface area (TPSA) is 75.1 Å². The van der Waals surface area contributed by atoms with Crippen LogP contribution in [0.4, 0.5) is 10.5 Å². The predicted octanol–water partition coefficient (Wildman–Crippen LogP) is 1.55. The molecule has 0 spiro atoms. The fourth-order valence-corrected chi connectivity index (χ4v) is 2.85. The molecule has 7 nitrogen and oxygen atoms in total. The zero-order valence-electron chi connectivity index (χ0n) is 12.9. The van der Waals surface area contributed by atoms with Crippen molar-refractivity contribution < 1.29 is 4.79 Å². The summed E-state index contributed by atoms with van der Waals surface area (Å²) in [5.41, 5.74) is 1.08. The van der Waals surface area contributed by atoms with E-state index >= 15 is 0 Å². The molecule has 0 bridgehead atoms. The maximum Gasteiger partial charge on any atom is 0.315 e. The SMILES string of the molecule is Cn1ncnc1CNC(=O)NC1CCN(c2cccc(Cl)c2)C1. The first-order valence-corrected chi connectivity index (χ1v) is 7.87. The van der Waals surface area contributed by atoms with Crippen LogP contribution in [0.5, 0.6) is 0 Å². The fraction of sp³-hybridized carbons (Fsp3) is 0.400. The Morgan fingerprint density at radius 1 is 1.48 bits per heavy atom. The number of hydrogen-bond donors (Lipinski definition) is 2. The Hall–Kier alpha value is -2.28. The van der Waals surface area contributed by atoms with Crippen molar-refractivity contribution in [1.29, 1.82) is 0 Å². The van der Waals surface area contributed by atoms with Crippen LogP contribution in [0.15, 0.2) is 30.6 Å². The van der Waals surface area contributed by atoms with E-state index in [1.165, 1.54) is 6.33 Å². The molecule has 1 fully saturated rings. The molecule has 2 heterocycles. The number of aryl methyl sites for hydroxylation is 1. The average molecular weight is 335 g/mol. The van der Waals surface area contributed by atoms with Crippen molar-refractivity contribution in [3.63, 3.8) is 0 Å². The Kier molecular flexibility index (Phi) is 4.66. The molecular weight excluding hydrogens is 316 g/mol. The maximum atomic E-state index is 12.0. The van der Waals surface area contributed by atoms with E-state index in [-0.39, 0.29) is 12.1 Å². The number of rotatable bonds is 4. The van der Waals surface area contributed by atoms with E-state index in [0.29, 0.717) is 12.4 Å². The maximum absolute atomic E-state index is 12.0. The Labute approximate surface area is 139 Å². The highest BCUT2D eigenvalue weighted by Crippen LogP contribution is 2.23. The second kappa shape index (κ2) is 6.87. The summed E-state index contributed by atoms with van der Waals surface area (Å²) in [5, 5.41) is 10.5. The molecule has 3 rings (SSSR count). The van der Waals surface area contributed by atoms with Gasteiger partial charge in [0.2, 0.25) is 0 Å². The van der Waals surface area contributed by atoms with Crippen LogP contribution >= 0.6 is 11.6 Å². The van der Waals surface area contributed by atoms with Crippen LogP contribution < -0.4 is 15.5 Å². The van der Waals surface area contributed by atoms with Crippen LogP contribution in [-0.4, -0.2) is 39.9 Å². The first-order valence-electron chi connectivity index (χ1n) is 7.49. The number of benzene rings is 1. The molecule has 1 aliphatic rings. The van der Waals surface area contributed by atoms with E-state index in [0.717, 1.165) is 30.2 Å². The lowest BCUT2D eigenvalue weighted by Gasteiger charge is -2.19. The minimum absolute atomic E-state index is 0.119. The van der Waals surface area contributed by atoms with E-state index in [1.807, 2.05) is 24.3 Å². The summed E-state index contributed by atoms with van der Waals surface area (Å²) in [4.78, 5) is 18.3. The fourth-order valence-electron chi connectivity index (χ4n) is 2.66. The van der Waals surface area contributed by atoms with Gasteiger partial charge in [-0.3, -0.25) is 4.68 Å². The van der Waals surface area contributed by atoms with E-state index in [4.69, 9.17) is 11.6 Å². The minimum atomic E-state index is -0.189. The second-order valence-electron chi connectivity index (χ2n) is 5.54. The molecule has 2 N–H and O–H groups in total. The summed E-state index contributed by atoms with van der Waals surface area (Å²) in [7, 11) is 1.79. The number of nitrogens with one attached hydrogen (secondary N) is 2. The van der Waals surface area contributed by atoms with Crippen molar-refractivity contribution in [3.05, 3.63) is 41.4 Å². The highest BCUT2D eigenvalue weighted by atomic mass is 35.5. The lowest BCUT2D eigenvalue weighted by Crippen LogP contribution is -2.43. The lowest BCUT2D eigenvalue weighted by atomic mass is 10.3. The minimum Gasteiger partial charge on any atom is -0.369 e. The van der Waals surface area contributed by atoms with Crippen LogP contribution in [0.2, 0.25) is 5.02 Å². The van der Waals surface area contributed by atoms with Crippen molar-refractivity contribution in [3.8, 4) is 0 Å². The van der Waals surface area contributed by atoms with Crippen LogP contribution in [0.1, 0.15) is 12.2 Å². The van der Waals surface area contributed by atoms with Gasteiger partial charge in [-0.15, -0.1) is 0 Å². The highest BCUT2D eigenvalue weighted by molar-refractivity contribution is 6.30. The molecule has 1 saturated heterocycles. The number of aromatic nitrogens is 3. The number of nitrogens with zero attached hydrogens (tertiary/aromatic N) is 4. The molecule has 2 aromatic rings. The standard InChI is InChI=1S/C15H19ClN6O/c1-21-14(18-10-19-21)8-17-15(23)20-12-5-6-22(9-12)13-4-2-3-11(16)7-13/h2-4,7,10,12H,5-6,8-9H2,1H3,(H2,17,20,23). The number of urea groups is 1. The third-order valence-corrected chi connectivity index (χ3v) is 4.14. The van der Waals surface area contributed by atoms with Gasteiger partial charge in [0.05, 0.1) is 6.54 Å². The van der Waals surface area contributed by atoms with Crippen LogP contribution in [0.25, 0.3) is 0 Å². The monoisotopic (exact) mass is 334 g/mol. The van der Waals surface area contributed by atoms with Crippen LogP contribution in [0.3, 0.4) is 0 Å². The Bertz CT molecular complexity index is 688. The summed E-state index contributed by atoms with van der Waals surface area (Å²) >= 11 is 6.03. The van der Waals surface area contributed by atoms with E-state index < -0.39 is 0 Å². The van der Waals surface area contributed by atoms with Crippen molar-refractivity contribution in [1.82, 2.24) is 25.4 Å². The first kappa shape index (κ1) is 15.6. The third kappa shape index (κ3) is 3.92. The molecule has 1 unspecified atom stereocenters. The Morgan fingerprint density at radius 2 is 2.35 bits per heavy atom. The third-order valence-electron chi connectivity index (χ3n) is 3.91. The zero-order valence-corrected chi connectivity index (χ0v) is 13.6. The quantitative estimate of drug-likeness (QED) is 0.889. The Balaban J connectivity index is 1.48. The molecule has 1 aromatic carbocycles. The smallest absolute Gasteiger partial charge is 0.315 e. The summed E-state index contributed by atoms with van der Waals surface area (Å²) in [6.45, 7) is 2.03. The lowest BCUT2D eigenvalue weighted by molar-refractivity contribution is 0.237. The molecular formula is C15H19ClN6O. The summed E-state index contributed by atoms with van der Waals surface area (Å²) in [6.07, 6.45) is 2.37. The van der Waals surface area contributed by atoms with Gasteiger partial charge in [-0.2, -0.15) is 5.10 Å². The molecule has 2 amide bonds. The molecule has 1 atom stereocenters. The molecule has 1 aliphatic heterocycles. The molecule has 0 saturated carbocycles. The second-order valence-corrected chi connectivity index (χ2v) is 5.97. The van der Waals surface area contributed by atoms with Crippen LogP contribution in [-0.2, 0) is 13.6 Å². The predicted molar refractivity (Wildman–Crippen MR) is 88.4 cm³/mol. The average Bonchev–Trinajstić information content (AvgIpc) is 3.14. The molecule has 8 heteroatoms. The largest absolute Gasteiger partial charge is 0.369 e.